The average molecular weight is 845 g/mol. The van der Waals surface area contributed by atoms with Crippen LogP contribution >= 0.6 is 0 Å². The molecular weight excluding hydrogens is 781 g/mol. The first-order valence-electron chi connectivity index (χ1n) is 22.0. The second-order valence-electron chi connectivity index (χ2n) is 22.3. The van der Waals surface area contributed by atoms with E-state index < -0.39 is 5.41 Å². The van der Waals surface area contributed by atoms with Crippen LogP contribution in [0.4, 0.5) is 0 Å². The lowest BCUT2D eigenvalue weighted by atomic mass is 9.64. The van der Waals surface area contributed by atoms with Crippen LogP contribution < -0.4 is 0 Å². The number of terminal acetylenes is 1. The van der Waals surface area contributed by atoms with Gasteiger partial charge in [0.1, 0.15) is 5.41 Å². The molecule has 3 aromatic rings. The first-order valence-corrected chi connectivity index (χ1v) is 22.0. The van der Waals surface area contributed by atoms with E-state index in [1.807, 2.05) is 0 Å². The molecule has 0 saturated heterocycles. The SMILES string of the molecule is C#CC#CC#CC#CC#CC#CC#CC#CC#CC#CC#CC(c1cc(C(C)(C)C)cc(C(C)(C)C)c1)(c1cc(C(C)(C)C)cc(C(C)(C)C)c1)c1cc(C(C)(C)C)cc(C(C)(C)C)c1. The van der Waals surface area contributed by atoms with E-state index in [1.165, 1.54) is 33.4 Å². The van der Waals surface area contributed by atoms with Gasteiger partial charge in [-0.05, 0) is 177 Å². The summed E-state index contributed by atoms with van der Waals surface area (Å²) in [6.07, 6.45) is 5.03. The van der Waals surface area contributed by atoms with E-state index in [0.717, 1.165) is 16.7 Å². The fourth-order valence-electron chi connectivity index (χ4n) is 6.54. The Hall–Kier alpha value is -7.18. The zero-order valence-electron chi connectivity index (χ0n) is 42.3. The van der Waals surface area contributed by atoms with Crippen LogP contribution in [0.5, 0.6) is 0 Å². The molecule has 0 atom stereocenters. The Kier molecular flexibility index (Phi) is 16.9. The van der Waals surface area contributed by atoms with Gasteiger partial charge in [0, 0.05) is 23.7 Å². The molecule has 0 aliphatic carbocycles. The molecule has 3 rings (SSSR count). The van der Waals surface area contributed by atoms with Gasteiger partial charge >= 0.3 is 0 Å². The minimum atomic E-state index is -0.940. The Morgan fingerprint density at radius 2 is 0.385 bits per heavy atom. The first-order chi connectivity index (χ1) is 30.0. The van der Waals surface area contributed by atoms with Gasteiger partial charge in [-0.15, -0.1) is 6.42 Å². The molecule has 0 bridgehead atoms. The maximum Gasteiger partial charge on any atom is 0.107 e. The summed E-state index contributed by atoms with van der Waals surface area (Å²) in [4.78, 5) is 0. The van der Waals surface area contributed by atoms with Gasteiger partial charge in [-0.3, -0.25) is 0 Å². The zero-order chi connectivity index (χ0) is 48.9. The van der Waals surface area contributed by atoms with Crippen LogP contribution in [0.25, 0.3) is 0 Å². The van der Waals surface area contributed by atoms with E-state index in [9.17, 15) is 0 Å². The zero-order valence-corrected chi connectivity index (χ0v) is 42.3. The average Bonchev–Trinajstić information content (AvgIpc) is 3.19. The third-order valence-electron chi connectivity index (χ3n) is 10.7. The molecule has 0 heteroatoms. The van der Waals surface area contributed by atoms with Crippen molar-refractivity contribution in [2.75, 3.05) is 0 Å². The van der Waals surface area contributed by atoms with Crippen molar-refractivity contribution in [2.45, 2.75) is 163 Å². The Morgan fingerprint density at radius 3 is 0.554 bits per heavy atom. The molecule has 324 valence electrons. The molecule has 0 N–H and O–H groups in total. The van der Waals surface area contributed by atoms with E-state index >= 15 is 0 Å². The topological polar surface area (TPSA) is 0 Å². The highest BCUT2D eigenvalue weighted by molar-refractivity contribution is 5.64. The number of hydrogen-bond donors (Lipinski definition) is 0. The lowest BCUT2D eigenvalue weighted by Crippen LogP contribution is -2.32. The molecule has 65 heavy (non-hydrogen) atoms. The molecule has 0 nitrogen and oxygen atoms in total. The van der Waals surface area contributed by atoms with Crippen LogP contribution in [0, 0.1) is 131 Å². The summed E-state index contributed by atoms with van der Waals surface area (Å²) in [5.74, 6) is 57.2. The van der Waals surface area contributed by atoms with E-state index in [-0.39, 0.29) is 32.5 Å². The summed E-state index contributed by atoms with van der Waals surface area (Å²) in [7, 11) is 0. The van der Waals surface area contributed by atoms with Crippen molar-refractivity contribution in [3.63, 3.8) is 0 Å². The van der Waals surface area contributed by atoms with Crippen molar-refractivity contribution < 1.29 is 0 Å². The largest absolute Gasteiger partial charge is 0.107 e. The van der Waals surface area contributed by atoms with Gasteiger partial charge in [0.05, 0.1) is 0 Å². The summed E-state index contributed by atoms with van der Waals surface area (Å²) in [5.41, 5.74) is 9.19. The van der Waals surface area contributed by atoms with Gasteiger partial charge in [-0.25, -0.2) is 0 Å². The van der Waals surface area contributed by atoms with Crippen LogP contribution in [0.3, 0.4) is 0 Å². The van der Waals surface area contributed by atoms with E-state index in [1.54, 1.807) is 0 Å². The molecular formula is C65H64. The maximum atomic E-state index is 5.03. The lowest BCUT2D eigenvalue weighted by molar-refractivity contribution is 0.558. The van der Waals surface area contributed by atoms with Gasteiger partial charge in [0.15, 0.2) is 0 Å². The second-order valence-corrected chi connectivity index (χ2v) is 22.3. The van der Waals surface area contributed by atoms with Crippen molar-refractivity contribution >= 4 is 0 Å². The molecule has 0 aliphatic heterocycles. The van der Waals surface area contributed by atoms with Crippen molar-refractivity contribution in [3.8, 4) is 131 Å². The van der Waals surface area contributed by atoms with Gasteiger partial charge < -0.3 is 0 Å². The van der Waals surface area contributed by atoms with Gasteiger partial charge in [0.2, 0.25) is 0 Å². The maximum absolute atomic E-state index is 5.03. The van der Waals surface area contributed by atoms with E-state index in [4.69, 9.17) is 6.42 Å². The first kappa shape index (κ1) is 52.2. The number of hydrogen-bond acceptors (Lipinski definition) is 0. The van der Waals surface area contributed by atoms with Crippen molar-refractivity contribution in [3.05, 3.63) is 105 Å². The molecule has 0 radical (unpaired) electrons. The molecule has 0 fully saturated rings. The van der Waals surface area contributed by atoms with Gasteiger partial charge in [0.25, 0.3) is 0 Å². The molecule has 0 spiro atoms. The van der Waals surface area contributed by atoms with Crippen LogP contribution in [0.15, 0.2) is 54.6 Å². The highest BCUT2D eigenvalue weighted by atomic mass is 14.4. The lowest BCUT2D eigenvalue weighted by Gasteiger charge is -2.38. The minimum absolute atomic E-state index is 0.130. The summed E-state index contributed by atoms with van der Waals surface area (Å²) < 4.78 is 0. The van der Waals surface area contributed by atoms with Gasteiger partial charge in [-0.1, -0.05) is 185 Å². The molecule has 0 unspecified atom stereocenters. The molecule has 3 aromatic carbocycles. The number of rotatable bonds is 3. The summed E-state index contributed by atoms with van der Waals surface area (Å²) in [5, 5.41) is 0. The van der Waals surface area contributed by atoms with Crippen molar-refractivity contribution in [1.82, 2.24) is 0 Å². The summed E-state index contributed by atoms with van der Waals surface area (Å²) >= 11 is 0. The van der Waals surface area contributed by atoms with Crippen molar-refractivity contribution in [2.24, 2.45) is 0 Å². The quantitative estimate of drug-likeness (QED) is 0.182. The standard InChI is InChI=1S/C65H64/c1-20-21-22-23-24-25-26-27-28-29-30-31-32-33-34-35-36-37-38-39-40-65(56-44-50(59(2,3)4)41-51(45-56)60(5,6)7,57-46-52(61(8,9)10)42-53(47-57)62(11,12)13)58-48-54(63(14,15)16)43-55(49-58)64(17,18)19/h1,41-49H,2-19H3. The van der Waals surface area contributed by atoms with Gasteiger partial charge in [-0.2, -0.15) is 0 Å². The molecule has 0 saturated carbocycles. The third kappa shape index (κ3) is 15.2. The number of benzene rings is 3. The minimum Gasteiger partial charge on any atom is -0.106 e. The highest BCUT2D eigenvalue weighted by Crippen LogP contribution is 2.47. The van der Waals surface area contributed by atoms with Crippen LogP contribution in [-0.2, 0) is 37.9 Å². The van der Waals surface area contributed by atoms with Crippen LogP contribution in [0.1, 0.15) is 175 Å². The Labute approximate surface area is 396 Å². The Bertz CT molecular complexity index is 2740. The molecule has 0 amide bonds. The van der Waals surface area contributed by atoms with Crippen molar-refractivity contribution in [1.29, 1.82) is 0 Å². The predicted molar refractivity (Wildman–Crippen MR) is 278 cm³/mol. The third-order valence-corrected chi connectivity index (χ3v) is 10.7. The highest BCUT2D eigenvalue weighted by Gasteiger charge is 2.40. The van der Waals surface area contributed by atoms with Crippen LogP contribution in [0.2, 0.25) is 0 Å². The van der Waals surface area contributed by atoms with Crippen LogP contribution in [-0.4, -0.2) is 0 Å². The molecule has 0 heterocycles. The Morgan fingerprint density at radius 1 is 0.231 bits per heavy atom. The van der Waals surface area contributed by atoms with E-state index in [2.05, 4.69) is 304 Å². The summed E-state index contributed by atoms with van der Waals surface area (Å²) in [6.45, 7) is 41.3. The van der Waals surface area contributed by atoms with E-state index in [0.29, 0.717) is 0 Å². The fraction of sp³-hybridized carbons (Fsp3) is 0.385. The molecule has 0 aliphatic rings. The fourth-order valence-corrected chi connectivity index (χ4v) is 6.54. The second kappa shape index (κ2) is 21.0. The Balaban J connectivity index is 2.50. The molecule has 0 aromatic heterocycles. The predicted octanol–water partition coefficient (Wildman–Crippen LogP) is 12.5. The smallest absolute Gasteiger partial charge is 0.106 e. The monoisotopic (exact) mass is 845 g/mol. The summed E-state index contributed by atoms with van der Waals surface area (Å²) in [6, 6.07) is 21.6. The normalized spacial score (nSPS) is 10.9.